The fraction of sp³-hybridized carbons (Fsp3) is 0.0435. The van der Waals surface area contributed by atoms with Gasteiger partial charge in [0.15, 0.2) is 5.75 Å². The monoisotopic (exact) mass is 541 g/mol. The molecule has 1 N–H and O–H groups in total. The molecular formula is C23H16BrN3O6S. The van der Waals surface area contributed by atoms with Gasteiger partial charge in [0.2, 0.25) is 0 Å². The SMILES string of the molecule is N#C/C(=C\c1ccc(OS(=O)(=O)c2ccc([N+](=O)[O-])cc2)c(Br)c1)C(=O)NCc1ccccc1. The molecule has 0 aliphatic carbocycles. The van der Waals surface area contributed by atoms with Gasteiger partial charge in [0.1, 0.15) is 16.5 Å². The maximum atomic E-state index is 12.5. The van der Waals surface area contributed by atoms with Gasteiger partial charge < -0.3 is 9.50 Å². The lowest BCUT2D eigenvalue weighted by Crippen LogP contribution is -2.23. The van der Waals surface area contributed by atoms with Gasteiger partial charge >= 0.3 is 10.1 Å². The van der Waals surface area contributed by atoms with Crippen molar-refractivity contribution in [1.29, 1.82) is 5.26 Å². The lowest BCUT2D eigenvalue weighted by molar-refractivity contribution is -0.384. The van der Waals surface area contributed by atoms with E-state index in [1.165, 1.54) is 24.3 Å². The molecule has 3 aromatic carbocycles. The van der Waals surface area contributed by atoms with Crippen LogP contribution in [-0.2, 0) is 21.5 Å². The first-order chi connectivity index (χ1) is 16.2. The van der Waals surface area contributed by atoms with Crippen LogP contribution in [0.1, 0.15) is 11.1 Å². The van der Waals surface area contributed by atoms with Crippen LogP contribution < -0.4 is 9.50 Å². The summed E-state index contributed by atoms with van der Waals surface area (Å²) in [7, 11) is -4.25. The Balaban J connectivity index is 1.74. The molecule has 11 heteroatoms. The Labute approximate surface area is 203 Å². The number of carbonyl (C=O) groups excluding carboxylic acids is 1. The van der Waals surface area contributed by atoms with Gasteiger partial charge in [-0.3, -0.25) is 14.9 Å². The molecule has 0 bridgehead atoms. The van der Waals surface area contributed by atoms with Crippen molar-refractivity contribution in [3.63, 3.8) is 0 Å². The third-order valence-corrected chi connectivity index (χ3v) is 6.33. The van der Waals surface area contributed by atoms with E-state index in [1.54, 1.807) is 0 Å². The zero-order chi connectivity index (χ0) is 24.7. The minimum Gasteiger partial charge on any atom is -0.378 e. The van der Waals surface area contributed by atoms with E-state index in [-0.39, 0.29) is 32.9 Å². The predicted molar refractivity (Wildman–Crippen MR) is 127 cm³/mol. The number of nitrogens with one attached hydrogen (secondary N) is 1. The van der Waals surface area contributed by atoms with Crippen LogP contribution in [0.3, 0.4) is 0 Å². The van der Waals surface area contributed by atoms with Crippen LogP contribution >= 0.6 is 15.9 Å². The minimum atomic E-state index is -4.25. The Kier molecular flexibility index (Phi) is 7.78. The van der Waals surface area contributed by atoms with E-state index in [1.807, 2.05) is 36.4 Å². The lowest BCUT2D eigenvalue weighted by Gasteiger charge is -2.09. The predicted octanol–water partition coefficient (Wildman–Crippen LogP) is 4.35. The highest BCUT2D eigenvalue weighted by molar-refractivity contribution is 9.10. The zero-order valence-electron chi connectivity index (χ0n) is 17.3. The van der Waals surface area contributed by atoms with Crippen molar-refractivity contribution >= 4 is 43.7 Å². The third kappa shape index (κ3) is 6.28. The summed E-state index contributed by atoms with van der Waals surface area (Å²) >= 11 is 3.22. The van der Waals surface area contributed by atoms with Crippen LogP contribution in [0.15, 0.2) is 87.7 Å². The first kappa shape index (κ1) is 24.6. The number of hydrogen-bond acceptors (Lipinski definition) is 7. The van der Waals surface area contributed by atoms with Crippen LogP contribution in [0.25, 0.3) is 6.08 Å². The zero-order valence-corrected chi connectivity index (χ0v) is 19.7. The average molecular weight is 542 g/mol. The van der Waals surface area contributed by atoms with E-state index in [0.29, 0.717) is 5.56 Å². The van der Waals surface area contributed by atoms with E-state index in [0.717, 1.165) is 29.8 Å². The molecule has 1 amide bonds. The van der Waals surface area contributed by atoms with Crippen LogP contribution in [0.5, 0.6) is 5.75 Å². The summed E-state index contributed by atoms with van der Waals surface area (Å²) in [5.74, 6) is -0.592. The largest absolute Gasteiger partial charge is 0.378 e. The number of non-ortho nitro benzene ring substituents is 1. The molecule has 34 heavy (non-hydrogen) atoms. The molecule has 0 unspecified atom stereocenters. The molecule has 0 aliphatic heterocycles. The van der Waals surface area contributed by atoms with E-state index in [9.17, 15) is 28.6 Å². The molecule has 0 saturated carbocycles. The highest BCUT2D eigenvalue weighted by Crippen LogP contribution is 2.30. The molecule has 0 aromatic heterocycles. The van der Waals surface area contributed by atoms with Crippen molar-refractivity contribution in [1.82, 2.24) is 5.32 Å². The van der Waals surface area contributed by atoms with Crippen LogP contribution in [0.4, 0.5) is 5.69 Å². The average Bonchev–Trinajstić information content (AvgIpc) is 2.83. The Morgan fingerprint density at radius 1 is 1.12 bits per heavy atom. The summed E-state index contributed by atoms with van der Waals surface area (Å²) in [6, 6.07) is 19.7. The smallest absolute Gasteiger partial charge is 0.339 e. The number of carbonyl (C=O) groups is 1. The number of rotatable bonds is 8. The highest BCUT2D eigenvalue weighted by atomic mass is 79.9. The quantitative estimate of drug-likeness (QED) is 0.147. The van der Waals surface area contributed by atoms with Crippen molar-refractivity contribution in [2.75, 3.05) is 0 Å². The molecule has 0 aliphatic rings. The van der Waals surface area contributed by atoms with Crippen LogP contribution in [0.2, 0.25) is 0 Å². The molecule has 3 rings (SSSR count). The maximum Gasteiger partial charge on any atom is 0.339 e. The molecule has 0 radical (unpaired) electrons. The Morgan fingerprint density at radius 2 is 1.79 bits per heavy atom. The van der Waals surface area contributed by atoms with Gasteiger partial charge in [-0.25, -0.2) is 0 Å². The molecule has 172 valence electrons. The second kappa shape index (κ2) is 10.7. The van der Waals surface area contributed by atoms with Crippen molar-refractivity contribution in [3.8, 4) is 11.8 Å². The standard InChI is InChI=1S/C23H16BrN3O6S/c24-21-13-17(12-18(14-25)23(28)26-15-16-4-2-1-3-5-16)6-11-22(21)33-34(31,32)20-9-7-19(8-10-20)27(29)30/h1-13H,15H2,(H,26,28)/b18-12+. The van der Waals surface area contributed by atoms with Gasteiger partial charge in [-0.2, -0.15) is 13.7 Å². The topological polar surface area (TPSA) is 139 Å². The number of amides is 1. The van der Waals surface area contributed by atoms with Crippen molar-refractivity contribution in [3.05, 3.63) is 104 Å². The fourth-order valence-electron chi connectivity index (χ4n) is 2.76. The van der Waals surface area contributed by atoms with E-state index >= 15 is 0 Å². The number of halogens is 1. The van der Waals surface area contributed by atoms with E-state index in [2.05, 4.69) is 21.2 Å². The number of nitro benzene ring substituents is 1. The lowest BCUT2D eigenvalue weighted by atomic mass is 10.1. The molecule has 3 aromatic rings. The molecule has 0 spiro atoms. The maximum absolute atomic E-state index is 12.5. The molecular weight excluding hydrogens is 526 g/mol. The van der Waals surface area contributed by atoms with Crippen LogP contribution in [0, 0.1) is 21.4 Å². The van der Waals surface area contributed by atoms with Crippen molar-refractivity contribution in [2.45, 2.75) is 11.4 Å². The minimum absolute atomic E-state index is 0.0393. The summed E-state index contributed by atoms with van der Waals surface area (Å²) < 4.78 is 30.4. The summed E-state index contributed by atoms with van der Waals surface area (Å²) in [6.07, 6.45) is 1.36. The van der Waals surface area contributed by atoms with Crippen molar-refractivity contribution in [2.24, 2.45) is 0 Å². The van der Waals surface area contributed by atoms with Gasteiger partial charge in [-0.05, 0) is 57.4 Å². The first-order valence-electron chi connectivity index (χ1n) is 9.62. The van der Waals surface area contributed by atoms with Crippen molar-refractivity contribution < 1.29 is 22.3 Å². The molecule has 9 nitrogen and oxygen atoms in total. The summed E-state index contributed by atoms with van der Waals surface area (Å²) in [4.78, 5) is 22.2. The van der Waals surface area contributed by atoms with E-state index in [4.69, 9.17) is 4.18 Å². The number of nitriles is 1. The summed E-state index contributed by atoms with van der Waals surface area (Å²) in [5.41, 5.74) is 0.956. The Morgan fingerprint density at radius 3 is 2.38 bits per heavy atom. The number of hydrogen-bond donors (Lipinski definition) is 1. The van der Waals surface area contributed by atoms with Gasteiger partial charge in [0.05, 0.1) is 9.40 Å². The van der Waals surface area contributed by atoms with Gasteiger partial charge in [-0.1, -0.05) is 36.4 Å². The number of benzene rings is 3. The van der Waals surface area contributed by atoms with E-state index < -0.39 is 20.9 Å². The van der Waals surface area contributed by atoms with Gasteiger partial charge in [-0.15, -0.1) is 0 Å². The molecule has 0 atom stereocenters. The van der Waals surface area contributed by atoms with Crippen LogP contribution in [-0.4, -0.2) is 19.2 Å². The second-order valence-electron chi connectivity index (χ2n) is 6.82. The number of nitro groups is 1. The van der Waals surface area contributed by atoms with Gasteiger partial charge in [0, 0.05) is 18.7 Å². The Bertz CT molecular complexity index is 1400. The molecule has 0 fully saturated rings. The fourth-order valence-corrected chi connectivity index (χ4v) is 4.30. The second-order valence-corrected chi connectivity index (χ2v) is 9.22. The number of nitrogens with zero attached hydrogens (tertiary/aromatic N) is 2. The first-order valence-corrected chi connectivity index (χ1v) is 11.8. The molecule has 0 heterocycles. The summed E-state index contributed by atoms with van der Waals surface area (Å²) in [6.45, 7) is 0.260. The molecule has 0 saturated heterocycles. The Hall–Kier alpha value is -4.01. The normalized spacial score (nSPS) is 11.4. The highest BCUT2D eigenvalue weighted by Gasteiger charge is 2.20. The van der Waals surface area contributed by atoms with Gasteiger partial charge in [0.25, 0.3) is 11.6 Å². The summed E-state index contributed by atoms with van der Waals surface area (Å²) in [5, 5.41) is 22.8. The third-order valence-electron chi connectivity index (χ3n) is 4.46.